The normalized spacial score (nSPS) is 14.8. The Morgan fingerprint density at radius 2 is 1.98 bits per heavy atom. The van der Waals surface area contributed by atoms with E-state index in [1.165, 1.54) is 29.5 Å². The van der Waals surface area contributed by atoms with Crippen molar-refractivity contribution in [3.8, 4) is 38.8 Å². The number of nitrogens with one attached hydrogen (secondary N) is 1. The third kappa shape index (κ3) is 5.89. The van der Waals surface area contributed by atoms with Crippen LogP contribution in [0.15, 0.2) is 60.6 Å². The minimum Gasteiger partial charge on any atom is -0.490 e. The monoisotopic (exact) mass is 656 g/mol. The molecule has 236 valence electrons. The Morgan fingerprint density at radius 1 is 1.11 bits per heavy atom. The number of pyridine rings is 2. The van der Waals surface area contributed by atoms with Crippen LogP contribution in [0.2, 0.25) is 0 Å². The summed E-state index contributed by atoms with van der Waals surface area (Å²) in [5, 5.41) is 7.14. The number of halogens is 1. The Balaban J connectivity index is 1.39. The molecular formula is C34H33FN6O3S2. The first-order chi connectivity index (χ1) is 22.5. The van der Waals surface area contributed by atoms with Gasteiger partial charge in [0.25, 0.3) is 0 Å². The summed E-state index contributed by atoms with van der Waals surface area (Å²) in [5.74, 6) is 0.868. The van der Waals surface area contributed by atoms with E-state index in [2.05, 4.69) is 35.0 Å². The molecule has 2 aliphatic heterocycles. The summed E-state index contributed by atoms with van der Waals surface area (Å²) >= 11 is 3.13. The highest BCUT2D eigenvalue weighted by Gasteiger charge is 2.28. The van der Waals surface area contributed by atoms with Gasteiger partial charge in [-0.05, 0) is 41.8 Å². The molecule has 1 saturated heterocycles. The maximum atomic E-state index is 14.6. The maximum Gasteiger partial charge on any atom is 0.246 e. The molecule has 0 bridgehead atoms. The molecule has 5 aromatic rings. The largest absolute Gasteiger partial charge is 0.490 e. The van der Waals surface area contributed by atoms with Crippen LogP contribution >= 0.6 is 22.7 Å². The lowest BCUT2D eigenvalue weighted by molar-refractivity contribution is -0.126. The first-order valence-corrected chi connectivity index (χ1v) is 16.9. The summed E-state index contributed by atoms with van der Waals surface area (Å²) < 4.78 is 26.9. The lowest BCUT2D eigenvalue weighted by Crippen LogP contribution is -2.43. The van der Waals surface area contributed by atoms with Gasteiger partial charge in [0.15, 0.2) is 0 Å². The Kier molecular flexibility index (Phi) is 8.76. The zero-order valence-electron chi connectivity index (χ0n) is 25.4. The van der Waals surface area contributed by atoms with Crippen LogP contribution in [0.3, 0.4) is 0 Å². The van der Waals surface area contributed by atoms with Gasteiger partial charge in [-0.3, -0.25) is 4.79 Å². The summed E-state index contributed by atoms with van der Waals surface area (Å²) in [7, 11) is 1.60. The molecule has 1 aromatic carbocycles. The van der Waals surface area contributed by atoms with Crippen molar-refractivity contribution in [1.82, 2.24) is 25.2 Å². The Bertz CT molecular complexity index is 1900. The molecule has 7 rings (SSSR count). The fourth-order valence-electron chi connectivity index (χ4n) is 5.93. The molecule has 0 spiro atoms. The molecule has 4 aromatic heterocycles. The van der Waals surface area contributed by atoms with Gasteiger partial charge in [-0.2, -0.15) is 0 Å². The van der Waals surface area contributed by atoms with Gasteiger partial charge in [0.05, 0.1) is 24.5 Å². The first kappa shape index (κ1) is 30.4. The van der Waals surface area contributed by atoms with Crippen molar-refractivity contribution in [3.05, 3.63) is 77.0 Å². The van der Waals surface area contributed by atoms with E-state index in [9.17, 15) is 9.18 Å². The molecule has 0 atom stereocenters. The number of piperazine rings is 1. The second kappa shape index (κ2) is 13.2. The van der Waals surface area contributed by atoms with Gasteiger partial charge in [-0.1, -0.05) is 6.58 Å². The van der Waals surface area contributed by atoms with Crippen molar-refractivity contribution in [1.29, 1.82) is 0 Å². The second-order valence-corrected chi connectivity index (χ2v) is 13.1. The summed E-state index contributed by atoms with van der Waals surface area (Å²) in [5.41, 5.74) is 4.90. The molecule has 1 N–H and O–H groups in total. The van der Waals surface area contributed by atoms with Gasteiger partial charge < -0.3 is 24.6 Å². The Labute approximate surface area is 274 Å². The lowest BCUT2D eigenvalue weighted by atomic mass is 9.98. The molecule has 1 amide bonds. The number of aromatic nitrogens is 3. The second-order valence-electron chi connectivity index (χ2n) is 11.1. The van der Waals surface area contributed by atoms with E-state index in [1.54, 1.807) is 29.4 Å². The van der Waals surface area contributed by atoms with E-state index in [4.69, 9.17) is 24.4 Å². The number of rotatable bonds is 9. The van der Waals surface area contributed by atoms with Crippen LogP contribution in [-0.2, 0) is 22.5 Å². The van der Waals surface area contributed by atoms with E-state index < -0.39 is 5.82 Å². The molecule has 0 aliphatic carbocycles. The minimum atomic E-state index is -0.392. The van der Waals surface area contributed by atoms with Crippen molar-refractivity contribution < 1.29 is 18.7 Å². The number of hydrogen-bond acceptors (Lipinski definition) is 10. The number of hydrogen-bond donors (Lipinski definition) is 1. The zero-order chi connectivity index (χ0) is 31.6. The van der Waals surface area contributed by atoms with Crippen molar-refractivity contribution in [2.24, 2.45) is 0 Å². The van der Waals surface area contributed by atoms with Gasteiger partial charge in [0.1, 0.15) is 34.7 Å². The van der Waals surface area contributed by atoms with Crippen LogP contribution in [0.25, 0.3) is 43.2 Å². The number of anilines is 1. The number of methoxy groups -OCH3 is 1. The van der Waals surface area contributed by atoms with Crippen LogP contribution in [-0.4, -0.2) is 78.8 Å². The van der Waals surface area contributed by atoms with Gasteiger partial charge >= 0.3 is 0 Å². The predicted molar refractivity (Wildman–Crippen MR) is 181 cm³/mol. The third-order valence-corrected chi connectivity index (χ3v) is 10.3. The lowest BCUT2D eigenvalue weighted by Gasteiger charge is -2.28. The topological polar surface area (TPSA) is 92.7 Å². The van der Waals surface area contributed by atoms with Crippen LogP contribution in [0.4, 0.5) is 10.2 Å². The highest BCUT2D eigenvalue weighted by Crippen LogP contribution is 2.47. The number of benzene rings is 1. The number of nitrogens with zero attached hydrogens (tertiary/aromatic N) is 5. The highest BCUT2D eigenvalue weighted by molar-refractivity contribution is 7.18. The number of carbonyl (C=O) groups excluding carboxylic acids is 1. The Morgan fingerprint density at radius 3 is 2.76 bits per heavy atom. The van der Waals surface area contributed by atoms with Crippen LogP contribution in [0.1, 0.15) is 10.6 Å². The van der Waals surface area contributed by atoms with E-state index in [0.717, 1.165) is 80.0 Å². The smallest absolute Gasteiger partial charge is 0.246 e. The molecule has 0 saturated carbocycles. The van der Waals surface area contributed by atoms with Crippen LogP contribution in [0.5, 0.6) is 5.75 Å². The molecule has 46 heavy (non-hydrogen) atoms. The minimum absolute atomic E-state index is 0.0948. The summed E-state index contributed by atoms with van der Waals surface area (Å²) in [6, 6.07) is 10.8. The van der Waals surface area contributed by atoms with Gasteiger partial charge in [0, 0.05) is 90.2 Å². The van der Waals surface area contributed by atoms with Gasteiger partial charge in [0.2, 0.25) is 5.91 Å². The number of thiazole rings is 1. The number of fused-ring (bicyclic) bond motifs is 2. The van der Waals surface area contributed by atoms with E-state index in [-0.39, 0.29) is 12.5 Å². The molecule has 12 heteroatoms. The predicted octanol–water partition coefficient (Wildman–Crippen LogP) is 5.79. The molecule has 9 nitrogen and oxygen atoms in total. The first-order valence-electron chi connectivity index (χ1n) is 15.2. The fourth-order valence-corrected chi connectivity index (χ4v) is 8.00. The van der Waals surface area contributed by atoms with Crippen LogP contribution in [0, 0.1) is 5.82 Å². The number of thiophene rings is 1. The zero-order valence-corrected chi connectivity index (χ0v) is 27.1. The number of amides is 1. The average molecular weight is 657 g/mol. The third-order valence-electron chi connectivity index (χ3n) is 8.25. The molecule has 0 radical (unpaired) electrons. The van der Waals surface area contributed by atoms with Gasteiger partial charge in [-0.15, -0.1) is 22.7 Å². The quantitative estimate of drug-likeness (QED) is 0.157. The molecule has 1 fully saturated rings. The van der Waals surface area contributed by atoms with E-state index in [0.29, 0.717) is 37.6 Å². The van der Waals surface area contributed by atoms with Gasteiger partial charge in [-0.25, -0.2) is 19.3 Å². The maximum absolute atomic E-state index is 14.6. The molecule has 0 unspecified atom stereocenters. The van der Waals surface area contributed by atoms with Crippen molar-refractivity contribution in [2.45, 2.75) is 13.0 Å². The van der Waals surface area contributed by atoms with Crippen LogP contribution < -0.4 is 15.0 Å². The van der Waals surface area contributed by atoms with Crippen molar-refractivity contribution in [3.63, 3.8) is 0 Å². The van der Waals surface area contributed by atoms with E-state index >= 15 is 0 Å². The van der Waals surface area contributed by atoms with Crippen molar-refractivity contribution in [2.75, 3.05) is 57.9 Å². The molecule has 6 heterocycles. The standard InChI is InChI=1S/C34H33FN6O3S2/c1-3-29(42)41-12-8-25-27(20-41)46-34(38-25)32-30(23-6-5-22(35)18-26(23)44-16-15-43-2)33-24(9-17-45-33)31(39-32)21-4-7-28(37-19-21)40-13-10-36-11-14-40/h3-7,9,17-19,36H,1,8,10-16,20H2,2H3. The number of carbonyl (C=O) groups is 1. The summed E-state index contributed by atoms with van der Waals surface area (Å²) in [6.07, 6.45) is 3.89. The average Bonchev–Trinajstić information content (AvgIpc) is 3.76. The summed E-state index contributed by atoms with van der Waals surface area (Å²) in [4.78, 5) is 32.8. The fraction of sp³-hybridized carbons (Fsp3) is 0.294. The highest BCUT2D eigenvalue weighted by atomic mass is 32.1. The Hall–Kier alpha value is -4.23. The van der Waals surface area contributed by atoms with E-state index in [1.807, 2.05) is 11.6 Å². The van der Waals surface area contributed by atoms with Crippen molar-refractivity contribution >= 4 is 44.5 Å². The summed E-state index contributed by atoms with van der Waals surface area (Å²) in [6.45, 7) is 9.03. The molecule has 2 aliphatic rings. The number of ether oxygens (including phenoxy) is 2. The molecular weight excluding hydrogens is 624 g/mol. The SMILES string of the molecule is C=CC(=O)N1CCc2nc(-c3nc(-c4ccc(N5CCNCC5)nc4)c4ccsc4c3-c3ccc(F)cc3OCCOC)sc2C1.